The van der Waals surface area contributed by atoms with Crippen molar-refractivity contribution in [2.75, 3.05) is 19.0 Å². The number of anilines is 1. The molecule has 17 heavy (non-hydrogen) atoms. The van der Waals surface area contributed by atoms with Gasteiger partial charge in [-0.2, -0.15) is 5.10 Å². The van der Waals surface area contributed by atoms with E-state index in [0.717, 1.165) is 12.2 Å². The monoisotopic (exact) mass is 237 g/mol. The first-order valence-corrected chi connectivity index (χ1v) is 6.66. The van der Waals surface area contributed by atoms with Crippen LogP contribution in [-0.2, 0) is 11.3 Å². The first-order chi connectivity index (χ1) is 8.38. The Morgan fingerprint density at radius 3 is 2.82 bits per heavy atom. The van der Waals surface area contributed by atoms with E-state index in [1.165, 1.54) is 38.5 Å². The number of hydrogen-bond donors (Lipinski definition) is 1. The van der Waals surface area contributed by atoms with E-state index in [4.69, 9.17) is 4.74 Å². The van der Waals surface area contributed by atoms with Crippen LogP contribution in [0.15, 0.2) is 12.4 Å². The third-order valence-corrected chi connectivity index (χ3v) is 3.38. The van der Waals surface area contributed by atoms with Crippen LogP contribution >= 0.6 is 0 Å². The number of hydrogen-bond acceptors (Lipinski definition) is 3. The fourth-order valence-corrected chi connectivity index (χ4v) is 2.40. The Hall–Kier alpha value is -1.03. The molecule has 4 nitrogen and oxygen atoms in total. The van der Waals surface area contributed by atoms with Crippen LogP contribution in [0.5, 0.6) is 0 Å². The summed E-state index contributed by atoms with van der Waals surface area (Å²) in [6.07, 6.45) is 12.1. The molecule has 1 N–H and O–H groups in total. The zero-order chi connectivity index (χ0) is 11.9. The number of aromatic nitrogens is 2. The van der Waals surface area contributed by atoms with Crippen LogP contribution in [-0.4, -0.2) is 29.5 Å². The van der Waals surface area contributed by atoms with Gasteiger partial charge < -0.3 is 10.1 Å². The van der Waals surface area contributed by atoms with Crippen molar-refractivity contribution < 1.29 is 4.74 Å². The van der Waals surface area contributed by atoms with Crippen LogP contribution in [0.1, 0.15) is 38.5 Å². The summed E-state index contributed by atoms with van der Waals surface area (Å²) < 4.78 is 6.97. The predicted octanol–water partition coefficient (Wildman–Crippen LogP) is 2.66. The van der Waals surface area contributed by atoms with E-state index in [2.05, 4.69) is 16.6 Å². The van der Waals surface area contributed by atoms with Gasteiger partial charge >= 0.3 is 0 Å². The highest BCUT2D eigenvalue weighted by Gasteiger charge is 2.12. The summed E-state index contributed by atoms with van der Waals surface area (Å²) in [6.45, 7) is 1.54. The maximum Gasteiger partial charge on any atom is 0.0728 e. The largest absolute Gasteiger partial charge is 0.383 e. The van der Waals surface area contributed by atoms with Crippen molar-refractivity contribution in [3.05, 3.63) is 12.4 Å². The van der Waals surface area contributed by atoms with Crippen LogP contribution < -0.4 is 5.32 Å². The number of rotatable bonds is 5. The summed E-state index contributed by atoms with van der Waals surface area (Å²) in [5, 5.41) is 7.91. The Kier molecular flexibility index (Phi) is 4.86. The fraction of sp³-hybridized carbons (Fsp3) is 0.769. The summed E-state index contributed by atoms with van der Waals surface area (Å²) >= 11 is 0. The maximum atomic E-state index is 5.04. The topological polar surface area (TPSA) is 39.1 Å². The molecule has 0 radical (unpaired) electrons. The Labute approximate surface area is 103 Å². The maximum absolute atomic E-state index is 5.04. The van der Waals surface area contributed by atoms with E-state index in [1.807, 2.05) is 10.9 Å². The molecule has 0 spiro atoms. The highest BCUT2D eigenvalue weighted by molar-refractivity contribution is 5.39. The molecule has 0 saturated heterocycles. The second-order valence-corrected chi connectivity index (χ2v) is 4.82. The van der Waals surface area contributed by atoms with Crippen molar-refractivity contribution in [2.24, 2.45) is 0 Å². The number of nitrogens with one attached hydrogen (secondary N) is 1. The molecule has 1 aromatic rings. The first-order valence-electron chi connectivity index (χ1n) is 6.66. The molecule has 0 amide bonds. The third kappa shape index (κ3) is 4.04. The van der Waals surface area contributed by atoms with E-state index in [0.29, 0.717) is 12.6 Å². The van der Waals surface area contributed by atoms with Gasteiger partial charge in [-0.05, 0) is 12.8 Å². The minimum atomic E-state index is 0.637. The molecular formula is C13H23N3O. The summed E-state index contributed by atoms with van der Waals surface area (Å²) in [5.41, 5.74) is 1.15. The molecule has 1 fully saturated rings. The van der Waals surface area contributed by atoms with Crippen LogP contribution in [0, 0.1) is 0 Å². The lowest BCUT2D eigenvalue weighted by atomic mass is 10.1. The van der Waals surface area contributed by atoms with E-state index < -0.39 is 0 Å². The number of methoxy groups -OCH3 is 1. The van der Waals surface area contributed by atoms with Crippen molar-refractivity contribution in [1.29, 1.82) is 0 Å². The van der Waals surface area contributed by atoms with Crippen LogP contribution in [0.2, 0.25) is 0 Å². The van der Waals surface area contributed by atoms with Crippen molar-refractivity contribution >= 4 is 5.69 Å². The quantitative estimate of drug-likeness (QED) is 0.800. The van der Waals surface area contributed by atoms with E-state index in [9.17, 15) is 0 Å². The Balaban J connectivity index is 1.82. The predicted molar refractivity (Wildman–Crippen MR) is 69.2 cm³/mol. The normalized spacial score (nSPS) is 17.9. The molecule has 1 aliphatic carbocycles. The van der Waals surface area contributed by atoms with Crippen molar-refractivity contribution in [2.45, 2.75) is 51.1 Å². The second kappa shape index (κ2) is 6.64. The Bertz CT molecular complexity index is 316. The van der Waals surface area contributed by atoms with Gasteiger partial charge in [-0.3, -0.25) is 4.68 Å². The van der Waals surface area contributed by atoms with Gasteiger partial charge in [0.15, 0.2) is 0 Å². The van der Waals surface area contributed by atoms with Crippen LogP contribution in [0.4, 0.5) is 5.69 Å². The molecule has 0 aromatic carbocycles. The van der Waals surface area contributed by atoms with Gasteiger partial charge in [0, 0.05) is 19.3 Å². The smallest absolute Gasteiger partial charge is 0.0728 e. The van der Waals surface area contributed by atoms with E-state index in [1.54, 1.807) is 7.11 Å². The third-order valence-electron chi connectivity index (χ3n) is 3.38. The van der Waals surface area contributed by atoms with Crippen LogP contribution in [0.3, 0.4) is 0 Å². The standard InChI is InChI=1S/C13H23N3O/c1-17-9-8-16-11-13(10-14-16)15-12-6-4-2-3-5-7-12/h10-12,15H,2-9H2,1H3. The van der Waals surface area contributed by atoms with Gasteiger partial charge in [0.05, 0.1) is 25.0 Å². The molecule has 1 heterocycles. The average molecular weight is 237 g/mol. The summed E-state index contributed by atoms with van der Waals surface area (Å²) in [6, 6.07) is 0.637. The minimum absolute atomic E-state index is 0.637. The molecule has 0 atom stereocenters. The lowest BCUT2D eigenvalue weighted by Crippen LogP contribution is -2.17. The molecule has 1 aliphatic rings. The molecule has 0 bridgehead atoms. The zero-order valence-corrected chi connectivity index (χ0v) is 10.7. The molecule has 4 heteroatoms. The van der Waals surface area contributed by atoms with Gasteiger partial charge in [0.1, 0.15) is 0 Å². The van der Waals surface area contributed by atoms with Gasteiger partial charge in [-0.25, -0.2) is 0 Å². The Morgan fingerprint density at radius 1 is 1.35 bits per heavy atom. The molecule has 96 valence electrons. The highest BCUT2D eigenvalue weighted by Crippen LogP contribution is 2.20. The minimum Gasteiger partial charge on any atom is -0.383 e. The molecule has 2 rings (SSSR count). The lowest BCUT2D eigenvalue weighted by Gasteiger charge is -2.15. The van der Waals surface area contributed by atoms with Gasteiger partial charge in [-0.1, -0.05) is 25.7 Å². The van der Waals surface area contributed by atoms with Crippen molar-refractivity contribution in [3.8, 4) is 0 Å². The lowest BCUT2D eigenvalue weighted by molar-refractivity contribution is 0.183. The number of ether oxygens (including phenoxy) is 1. The summed E-state index contributed by atoms with van der Waals surface area (Å²) in [4.78, 5) is 0. The van der Waals surface area contributed by atoms with Crippen molar-refractivity contribution in [1.82, 2.24) is 9.78 Å². The van der Waals surface area contributed by atoms with Gasteiger partial charge in [0.2, 0.25) is 0 Å². The van der Waals surface area contributed by atoms with E-state index in [-0.39, 0.29) is 0 Å². The molecule has 0 unspecified atom stereocenters. The van der Waals surface area contributed by atoms with E-state index >= 15 is 0 Å². The zero-order valence-electron chi connectivity index (χ0n) is 10.7. The molecule has 0 aliphatic heterocycles. The Morgan fingerprint density at radius 2 is 2.12 bits per heavy atom. The van der Waals surface area contributed by atoms with Gasteiger partial charge in [0.25, 0.3) is 0 Å². The molecule has 1 aromatic heterocycles. The van der Waals surface area contributed by atoms with Gasteiger partial charge in [-0.15, -0.1) is 0 Å². The SMILES string of the molecule is COCCn1cc(NC2CCCCCC2)cn1. The fourth-order valence-electron chi connectivity index (χ4n) is 2.40. The average Bonchev–Trinajstić information content (AvgIpc) is 2.61. The summed E-state index contributed by atoms with van der Waals surface area (Å²) in [5.74, 6) is 0. The summed E-state index contributed by atoms with van der Waals surface area (Å²) in [7, 11) is 1.72. The highest BCUT2D eigenvalue weighted by atomic mass is 16.5. The molecule has 1 saturated carbocycles. The molecular weight excluding hydrogens is 214 g/mol. The van der Waals surface area contributed by atoms with Crippen molar-refractivity contribution in [3.63, 3.8) is 0 Å². The number of nitrogens with zero attached hydrogens (tertiary/aromatic N) is 2. The van der Waals surface area contributed by atoms with Crippen LogP contribution in [0.25, 0.3) is 0 Å². The second-order valence-electron chi connectivity index (χ2n) is 4.82. The first kappa shape index (κ1) is 12.4.